The molecule has 0 amide bonds. The van der Waals surface area contributed by atoms with E-state index in [1.165, 1.54) is 16.3 Å². The van der Waals surface area contributed by atoms with E-state index in [4.69, 9.17) is 0 Å². The van der Waals surface area contributed by atoms with Gasteiger partial charge in [0.05, 0.1) is 0 Å². The molecule has 1 aliphatic rings. The Labute approximate surface area is 282 Å². The molecule has 6 aromatic rings. The number of hydrogen-bond donors (Lipinski definition) is 0. The van der Waals surface area contributed by atoms with Gasteiger partial charge in [-0.25, -0.2) is 11.6 Å². The first-order chi connectivity index (χ1) is 19.4. The SMILES string of the molecule is CC1=CC[C-]=C1.[Si].[Si].[Zr].[c-]1ccccc1.[c-]1ccccc1.[c-]1ccccc1.[c-]1ccccc1.c1ccc2[cH-]ccc2c1. The van der Waals surface area contributed by atoms with Crippen LogP contribution in [0.5, 0.6) is 0 Å². The van der Waals surface area contributed by atoms with Gasteiger partial charge in [0.15, 0.2) is 0 Å². The van der Waals surface area contributed by atoms with Crippen LogP contribution in [0.3, 0.4) is 0 Å². The third-order valence-corrected chi connectivity index (χ3v) is 4.85. The van der Waals surface area contributed by atoms with Crippen molar-refractivity contribution >= 4 is 32.7 Å². The molecule has 0 unspecified atom stereocenters. The third kappa shape index (κ3) is 23.2. The Hall–Kier alpha value is -3.49. The molecule has 0 heterocycles. The molecule has 0 fully saturated rings. The Kier molecular flexibility index (Phi) is 29.5. The minimum Gasteiger partial charge on any atom is -0.273 e. The topological polar surface area (TPSA) is 0 Å². The molecule has 6 aromatic carbocycles. The van der Waals surface area contributed by atoms with Crippen molar-refractivity contribution in [1.82, 2.24) is 0 Å². The third-order valence-electron chi connectivity index (χ3n) is 4.85. The van der Waals surface area contributed by atoms with Crippen LogP contribution in [-0.4, -0.2) is 21.9 Å². The van der Waals surface area contributed by atoms with Crippen molar-refractivity contribution in [2.75, 3.05) is 0 Å². The molecule has 0 aromatic heterocycles. The number of fused-ring (bicyclic) bond motifs is 1. The summed E-state index contributed by atoms with van der Waals surface area (Å²) >= 11 is 0. The van der Waals surface area contributed by atoms with Crippen LogP contribution >= 0.6 is 0 Å². The first-order valence-corrected chi connectivity index (χ1v) is 12.8. The van der Waals surface area contributed by atoms with E-state index in [-0.39, 0.29) is 48.1 Å². The summed E-state index contributed by atoms with van der Waals surface area (Å²) in [6.07, 6.45) is 8.24. The molecule has 7 rings (SSSR count). The van der Waals surface area contributed by atoms with E-state index in [0.717, 1.165) is 6.42 Å². The van der Waals surface area contributed by atoms with E-state index in [9.17, 15) is 0 Å². The molecule has 0 saturated carbocycles. The summed E-state index contributed by atoms with van der Waals surface area (Å²) in [6, 6.07) is 64.7. The van der Waals surface area contributed by atoms with Crippen molar-refractivity contribution in [3.05, 3.63) is 212 Å². The van der Waals surface area contributed by atoms with Crippen LogP contribution in [0.1, 0.15) is 13.3 Å². The van der Waals surface area contributed by atoms with E-state index in [0.29, 0.717) is 0 Å². The summed E-state index contributed by atoms with van der Waals surface area (Å²) in [7, 11) is 0. The largest absolute Gasteiger partial charge is 0.273 e. The Morgan fingerprint density at radius 1 is 0.524 bits per heavy atom. The molecule has 42 heavy (non-hydrogen) atoms. The smallest absolute Gasteiger partial charge is 0 e. The molecule has 8 radical (unpaired) electrons. The molecule has 0 atom stereocenters. The maximum absolute atomic E-state index is 3.05. The molecular formula is C39H34Si2Zr-6. The van der Waals surface area contributed by atoms with Crippen molar-refractivity contribution in [2.45, 2.75) is 13.3 Å². The van der Waals surface area contributed by atoms with E-state index < -0.39 is 0 Å². The second-order valence-corrected chi connectivity index (χ2v) is 7.96. The number of hydrogen-bond acceptors (Lipinski definition) is 0. The summed E-state index contributed by atoms with van der Waals surface area (Å²) in [5.41, 5.74) is 1.34. The Morgan fingerprint density at radius 3 is 1.17 bits per heavy atom. The molecular weight excluding hydrogens is 616 g/mol. The first-order valence-electron chi connectivity index (χ1n) is 12.8. The van der Waals surface area contributed by atoms with Crippen LogP contribution < -0.4 is 0 Å². The van der Waals surface area contributed by atoms with Crippen molar-refractivity contribution in [2.24, 2.45) is 0 Å². The maximum Gasteiger partial charge on any atom is 0 e. The Bertz CT molecular complexity index is 1100. The summed E-state index contributed by atoms with van der Waals surface area (Å²) in [5, 5.41) is 2.66. The minimum atomic E-state index is 0. The fourth-order valence-electron chi connectivity index (χ4n) is 2.94. The number of benzene rings is 5. The van der Waals surface area contributed by atoms with Crippen LogP contribution in [0.15, 0.2) is 182 Å². The second-order valence-electron chi connectivity index (χ2n) is 7.96. The van der Waals surface area contributed by atoms with Crippen molar-refractivity contribution in [3.63, 3.8) is 0 Å². The van der Waals surface area contributed by atoms with Gasteiger partial charge in [-0.2, -0.15) is 169 Å². The summed E-state index contributed by atoms with van der Waals surface area (Å²) < 4.78 is 0. The van der Waals surface area contributed by atoms with Gasteiger partial charge in [0.25, 0.3) is 0 Å². The quantitative estimate of drug-likeness (QED) is 0.114. The molecule has 1 aliphatic carbocycles. The molecule has 0 spiro atoms. The zero-order valence-corrected chi connectivity index (χ0v) is 28.4. The van der Waals surface area contributed by atoms with E-state index in [1.54, 1.807) is 0 Å². The average Bonchev–Trinajstić information content (AvgIpc) is 3.74. The van der Waals surface area contributed by atoms with Gasteiger partial charge in [-0.1, -0.05) is 6.07 Å². The van der Waals surface area contributed by atoms with Crippen LogP contribution in [-0.2, 0) is 26.2 Å². The average molecular weight is 650 g/mol. The van der Waals surface area contributed by atoms with Gasteiger partial charge in [-0.05, 0) is 0 Å². The minimum absolute atomic E-state index is 0. The molecule has 208 valence electrons. The molecule has 0 nitrogen and oxygen atoms in total. The molecule has 0 saturated heterocycles. The fourth-order valence-corrected chi connectivity index (χ4v) is 2.94. The van der Waals surface area contributed by atoms with Crippen LogP contribution in [0.4, 0.5) is 0 Å². The predicted molar refractivity (Wildman–Crippen MR) is 178 cm³/mol. The molecule has 0 bridgehead atoms. The fraction of sp³-hybridized carbons (Fsp3) is 0.0513. The van der Waals surface area contributed by atoms with E-state index in [2.05, 4.69) is 85.8 Å². The van der Waals surface area contributed by atoms with Gasteiger partial charge >= 0.3 is 0 Å². The number of allylic oxidation sites excluding steroid dienone is 4. The molecule has 0 aliphatic heterocycles. The van der Waals surface area contributed by atoms with E-state index in [1.807, 2.05) is 127 Å². The Morgan fingerprint density at radius 2 is 0.929 bits per heavy atom. The second kappa shape index (κ2) is 30.5. The predicted octanol–water partition coefficient (Wildman–Crippen LogP) is 9.44. The standard InChI is InChI=1S/C9H7.C6H7.4C6H5.2Si.Zr/c1-2-5-9-7-3-6-8(9)4-1;1-6-4-2-3-5-6;4*1-2-4-6-5-3-1;;;/h1-7H;4-5H,2H2,1H3;4*1-5H;;;/q6*-1;;;. The zero-order chi connectivity index (χ0) is 27.5. The number of rotatable bonds is 0. The summed E-state index contributed by atoms with van der Waals surface area (Å²) in [5.74, 6) is 0. The summed E-state index contributed by atoms with van der Waals surface area (Å²) in [4.78, 5) is 0. The van der Waals surface area contributed by atoms with Crippen molar-refractivity contribution in [3.8, 4) is 0 Å². The monoisotopic (exact) mass is 648 g/mol. The zero-order valence-electron chi connectivity index (χ0n) is 24.0. The van der Waals surface area contributed by atoms with Gasteiger partial charge in [0.1, 0.15) is 0 Å². The molecule has 0 N–H and O–H groups in total. The van der Waals surface area contributed by atoms with Crippen LogP contribution in [0, 0.1) is 30.3 Å². The van der Waals surface area contributed by atoms with Gasteiger partial charge in [-0.3, -0.25) is 6.08 Å². The first kappa shape index (κ1) is 40.6. The Balaban J connectivity index is 0. The van der Waals surface area contributed by atoms with Gasteiger partial charge in [0.2, 0.25) is 0 Å². The summed E-state index contributed by atoms with van der Waals surface area (Å²) in [6.45, 7) is 2.08. The molecule has 3 heteroatoms. The van der Waals surface area contributed by atoms with Gasteiger partial charge < -0.3 is 0 Å². The van der Waals surface area contributed by atoms with Gasteiger partial charge in [-0.15, -0.1) is 43.0 Å². The van der Waals surface area contributed by atoms with Crippen LogP contribution in [0.25, 0.3) is 10.8 Å². The maximum atomic E-state index is 3.05. The van der Waals surface area contributed by atoms with E-state index >= 15 is 0 Å². The van der Waals surface area contributed by atoms with Crippen molar-refractivity contribution < 1.29 is 26.2 Å². The van der Waals surface area contributed by atoms with Crippen LogP contribution in [0.2, 0.25) is 0 Å². The van der Waals surface area contributed by atoms with Crippen molar-refractivity contribution in [1.29, 1.82) is 0 Å². The van der Waals surface area contributed by atoms with Gasteiger partial charge in [0, 0.05) is 48.1 Å². The normalized spacial score (nSPS) is 9.40.